The largest absolute Gasteiger partial charge is 0.455 e. The van der Waals surface area contributed by atoms with Crippen molar-refractivity contribution in [2.75, 3.05) is 4.90 Å². The summed E-state index contributed by atoms with van der Waals surface area (Å²) in [6.45, 7) is 4.67. The van der Waals surface area contributed by atoms with E-state index in [0.717, 1.165) is 74.1 Å². The standard InChI is InChI=1S/C59H45NO/c1-3-59(4-2)55-24-12-11-19-51(55)54-39-48(37-38-56(54)59)60(46-33-29-42(30-34-46)40-15-7-5-8-16-40)47-35-31-43(32-36-47)41-25-27-45(28-26-41)50-21-14-23-53-52-22-13-20-49(57(52)61-58(50)53)44-17-9-6-10-18-44/h5-39H,3-4H2,1-2H3. The van der Waals surface area contributed by atoms with E-state index in [4.69, 9.17) is 4.42 Å². The Labute approximate surface area is 358 Å². The Balaban J connectivity index is 0.951. The predicted molar refractivity (Wildman–Crippen MR) is 257 cm³/mol. The van der Waals surface area contributed by atoms with E-state index in [1.807, 2.05) is 0 Å². The van der Waals surface area contributed by atoms with E-state index in [-0.39, 0.29) is 5.41 Å². The van der Waals surface area contributed by atoms with Gasteiger partial charge in [0, 0.05) is 44.4 Å². The zero-order chi connectivity index (χ0) is 40.9. The number of nitrogens with zero attached hydrogens (tertiary/aromatic N) is 1. The maximum absolute atomic E-state index is 6.73. The highest BCUT2D eigenvalue weighted by Gasteiger charge is 2.40. The molecule has 10 aromatic rings. The van der Waals surface area contributed by atoms with Crippen molar-refractivity contribution in [3.8, 4) is 55.6 Å². The number of fused-ring (bicyclic) bond motifs is 6. The van der Waals surface area contributed by atoms with Gasteiger partial charge in [0.15, 0.2) is 0 Å². The Hall–Kier alpha value is -7.42. The molecule has 0 saturated carbocycles. The van der Waals surface area contributed by atoms with Gasteiger partial charge >= 0.3 is 0 Å². The second kappa shape index (κ2) is 15.0. The summed E-state index contributed by atoms with van der Waals surface area (Å²) in [5, 5.41) is 2.27. The lowest BCUT2D eigenvalue weighted by atomic mass is 9.74. The molecule has 0 radical (unpaired) electrons. The highest BCUT2D eigenvalue weighted by Crippen LogP contribution is 2.54. The highest BCUT2D eigenvalue weighted by atomic mass is 16.3. The van der Waals surface area contributed by atoms with E-state index in [9.17, 15) is 0 Å². The van der Waals surface area contributed by atoms with Gasteiger partial charge < -0.3 is 9.32 Å². The molecule has 0 saturated heterocycles. The van der Waals surface area contributed by atoms with Crippen LogP contribution in [-0.4, -0.2) is 0 Å². The first-order chi connectivity index (χ1) is 30.1. The van der Waals surface area contributed by atoms with Crippen LogP contribution in [0.2, 0.25) is 0 Å². The van der Waals surface area contributed by atoms with Gasteiger partial charge in [-0.3, -0.25) is 0 Å². The number of benzene rings is 9. The summed E-state index contributed by atoms with van der Waals surface area (Å²) in [7, 11) is 0. The molecule has 0 aliphatic heterocycles. The molecule has 0 N–H and O–H groups in total. The van der Waals surface area contributed by atoms with E-state index in [1.54, 1.807) is 0 Å². The molecule has 61 heavy (non-hydrogen) atoms. The Morgan fingerprint density at radius 1 is 0.344 bits per heavy atom. The van der Waals surface area contributed by atoms with Crippen LogP contribution < -0.4 is 4.90 Å². The van der Waals surface area contributed by atoms with Gasteiger partial charge in [0.25, 0.3) is 0 Å². The second-order valence-corrected chi connectivity index (χ2v) is 16.3. The van der Waals surface area contributed by atoms with Crippen molar-refractivity contribution in [1.82, 2.24) is 0 Å². The SMILES string of the molecule is CCC1(CC)c2ccccc2-c2cc(N(c3ccc(-c4ccccc4)cc3)c3ccc(-c4ccc(-c5cccc6c5oc5c(-c7ccccc7)cccc56)cc4)cc3)ccc21. The smallest absolute Gasteiger partial charge is 0.143 e. The third-order valence-electron chi connectivity index (χ3n) is 13.2. The Bertz CT molecular complexity index is 3170. The van der Waals surface area contributed by atoms with Crippen LogP contribution in [0.1, 0.15) is 37.8 Å². The summed E-state index contributed by atoms with van der Waals surface area (Å²) < 4.78 is 6.73. The Morgan fingerprint density at radius 2 is 0.754 bits per heavy atom. The van der Waals surface area contributed by atoms with Crippen molar-refractivity contribution >= 4 is 39.0 Å². The Morgan fingerprint density at radius 3 is 1.31 bits per heavy atom. The molecule has 0 fully saturated rings. The lowest BCUT2D eigenvalue weighted by Gasteiger charge is -2.30. The minimum atomic E-state index is 0.0360. The Kier molecular flexibility index (Phi) is 9.01. The molecule has 1 aliphatic rings. The molecule has 2 nitrogen and oxygen atoms in total. The molecule has 1 aliphatic carbocycles. The molecule has 1 aromatic heterocycles. The molecule has 0 atom stereocenters. The maximum atomic E-state index is 6.73. The van der Waals surface area contributed by atoms with Crippen molar-refractivity contribution in [3.63, 3.8) is 0 Å². The lowest BCUT2D eigenvalue weighted by molar-refractivity contribution is 0.490. The van der Waals surface area contributed by atoms with Crippen LogP contribution >= 0.6 is 0 Å². The number of hydrogen-bond donors (Lipinski definition) is 0. The highest BCUT2D eigenvalue weighted by molar-refractivity contribution is 6.13. The molecule has 292 valence electrons. The molecule has 9 aromatic carbocycles. The van der Waals surface area contributed by atoms with Gasteiger partial charge in [-0.05, 0) is 105 Å². The van der Waals surface area contributed by atoms with Gasteiger partial charge in [-0.15, -0.1) is 0 Å². The minimum absolute atomic E-state index is 0.0360. The van der Waals surface area contributed by atoms with Gasteiger partial charge in [-0.2, -0.15) is 0 Å². The fourth-order valence-corrected chi connectivity index (χ4v) is 10.0. The van der Waals surface area contributed by atoms with Crippen molar-refractivity contribution < 1.29 is 4.42 Å². The average Bonchev–Trinajstić information content (AvgIpc) is 3.86. The first kappa shape index (κ1) is 36.6. The fraction of sp³-hybridized carbons (Fsp3) is 0.0847. The van der Waals surface area contributed by atoms with E-state index < -0.39 is 0 Å². The van der Waals surface area contributed by atoms with Crippen LogP contribution in [-0.2, 0) is 5.41 Å². The van der Waals surface area contributed by atoms with Crippen LogP contribution in [0, 0.1) is 0 Å². The lowest BCUT2D eigenvalue weighted by Crippen LogP contribution is -2.23. The predicted octanol–water partition coefficient (Wildman–Crippen LogP) is 16.8. The van der Waals surface area contributed by atoms with Crippen LogP contribution in [0.15, 0.2) is 217 Å². The number of hydrogen-bond acceptors (Lipinski definition) is 2. The van der Waals surface area contributed by atoms with Crippen molar-refractivity contribution in [3.05, 3.63) is 223 Å². The van der Waals surface area contributed by atoms with Crippen molar-refractivity contribution in [2.24, 2.45) is 0 Å². The summed E-state index contributed by atoms with van der Waals surface area (Å²) in [4.78, 5) is 2.40. The van der Waals surface area contributed by atoms with Gasteiger partial charge in [-0.25, -0.2) is 0 Å². The third-order valence-corrected chi connectivity index (χ3v) is 13.2. The molecule has 0 amide bonds. The van der Waals surface area contributed by atoms with Crippen molar-refractivity contribution in [1.29, 1.82) is 0 Å². The molecule has 0 unspecified atom stereocenters. The summed E-state index contributed by atoms with van der Waals surface area (Å²) >= 11 is 0. The minimum Gasteiger partial charge on any atom is -0.455 e. The van der Waals surface area contributed by atoms with E-state index in [1.165, 1.54) is 44.5 Å². The van der Waals surface area contributed by atoms with Gasteiger partial charge in [0.05, 0.1) is 0 Å². The molecule has 0 spiro atoms. The zero-order valence-electron chi connectivity index (χ0n) is 34.5. The molecule has 11 rings (SSSR count). The quantitative estimate of drug-likeness (QED) is 0.145. The monoisotopic (exact) mass is 783 g/mol. The molecular weight excluding hydrogens is 739 g/mol. The first-order valence-electron chi connectivity index (χ1n) is 21.5. The van der Waals surface area contributed by atoms with Crippen LogP contribution in [0.3, 0.4) is 0 Å². The molecule has 0 bridgehead atoms. The topological polar surface area (TPSA) is 16.4 Å². The van der Waals surface area contributed by atoms with Gasteiger partial charge in [-0.1, -0.05) is 190 Å². The summed E-state index contributed by atoms with van der Waals surface area (Å²) in [5.74, 6) is 0. The summed E-state index contributed by atoms with van der Waals surface area (Å²) in [6, 6.07) is 77.1. The molecular formula is C59H45NO. The average molecular weight is 784 g/mol. The number of para-hydroxylation sites is 2. The van der Waals surface area contributed by atoms with Gasteiger partial charge in [0.1, 0.15) is 11.2 Å². The fourth-order valence-electron chi connectivity index (χ4n) is 10.0. The number of anilines is 3. The normalized spacial score (nSPS) is 12.7. The molecule has 1 heterocycles. The number of furan rings is 1. The summed E-state index contributed by atoms with van der Waals surface area (Å²) in [5.41, 5.74) is 20.1. The maximum Gasteiger partial charge on any atom is 0.143 e. The van der Waals surface area contributed by atoms with Gasteiger partial charge in [0.2, 0.25) is 0 Å². The second-order valence-electron chi connectivity index (χ2n) is 16.3. The number of rotatable bonds is 9. The summed E-state index contributed by atoms with van der Waals surface area (Å²) in [6.07, 6.45) is 2.15. The van der Waals surface area contributed by atoms with E-state index in [0.29, 0.717) is 0 Å². The third kappa shape index (κ3) is 6.09. The van der Waals surface area contributed by atoms with E-state index >= 15 is 0 Å². The van der Waals surface area contributed by atoms with Crippen LogP contribution in [0.4, 0.5) is 17.1 Å². The molecule has 2 heteroatoms. The zero-order valence-corrected chi connectivity index (χ0v) is 34.5. The van der Waals surface area contributed by atoms with Crippen LogP contribution in [0.25, 0.3) is 77.6 Å². The van der Waals surface area contributed by atoms with E-state index in [2.05, 4.69) is 231 Å². The van der Waals surface area contributed by atoms with Crippen molar-refractivity contribution in [2.45, 2.75) is 32.1 Å². The first-order valence-corrected chi connectivity index (χ1v) is 21.5. The van der Waals surface area contributed by atoms with Crippen LogP contribution in [0.5, 0.6) is 0 Å².